The monoisotopic (exact) mass is 255 g/mol. The second kappa shape index (κ2) is 5.40. The van der Waals surface area contributed by atoms with Crippen molar-refractivity contribution in [3.8, 4) is 6.07 Å². The average molecular weight is 255 g/mol. The molecule has 2 aromatic carbocycles. The van der Waals surface area contributed by atoms with E-state index in [2.05, 4.69) is 11.4 Å². The van der Waals surface area contributed by atoms with Crippen LogP contribution < -0.4 is 11.1 Å². The van der Waals surface area contributed by atoms with Crippen molar-refractivity contribution in [1.82, 2.24) is 0 Å². The Morgan fingerprint density at radius 1 is 1.26 bits per heavy atom. The lowest BCUT2D eigenvalue weighted by Gasteiger charge is -2.17. The van der Waals surface area contributed by atoms with Crippen molar-refractivity contribution in [1.29, 1.82) is 5.26 Å². The first kappa shape index (κ1) is 12.9. The molecule has 1 unspecified atom stereocenters. The maximum absolute atomic E-state index is 13.7. The number of nitrogen functional groups attached to an aromatic ring is 1. The molecule has 4 heteroatoms. The first-order valence-corrected chi connectivity index (χ1v) is 5.92. The second-order valence-electron chi connectivity index (χ2n) is 4.30. The summed E-state index contributed by atoms with van der Waals surface area (Å²) in [5, 5.41) is 12.2. The summed E-state index contributed by atoms with van der Waals surface area (Å²) >= 11 is 0. The fourth-order valence-electron chi connectivity index (χ4n) is 1.92. The number of hydrogen-bond acceptors (Lipinski definition) is 3. The third-order valence-electron chi connectivity index (χ3n) is 2.91. The number of anilines is 2. The number of nitriles is 1. The first-order valence-electron chi connectivity index (χ1n) is 5.92. The minimum absolute atomic E-state index is 0.239. The van der Waals surface area contributed by atoms with E-state index in [1.54, 1.807) is 36.4 Å². The molecule has 0 spiro atoms. The van der Waals surface area contributed by atoms with E-state index in [0.717, 1.165) is 0 Å². The normalized spacial score (nSPS) is 11.6. The Kier molecular flexibility index (Phi) is 3.67. The molecule has 19 heavy (non-hydrogen) atoms. The highest BCUT2D eigenvalue weighted by molar-refractivity contribution is 5.63. The van der Waals surface area contributed by atoms with Gasteiger partial charge in [0.2, 0.25) is 0 Å². The molecule has 0 bridgehead atoms. The Balaban J connectivity index is 2.27. The highest BCUT2D eigenvalue weighted by Gasteiger charge is 2.12. The van der Waals surface area contributed by atoms with Gasteiger partial charge >= 0.3 is 0 Å². The van der Waals surface area contributed by atoms with Gasteiger partial charge in [0, 0.05) is 11.3 Å². The molecular formula is C15H14FN3. The Morgan fingerprint density at radius 2 is 2.00 bits per heavy atom. The summed E-state index contributed by atoms with van der Waals surface area (Å²) in [5.74, 6) is -0.267. The van der Waals surface area contributed by atoms with E-state index in [9.17, 15) is 4.39 Å². The first-order chi connectivity index (χ1) is 9.11. The summed E-state index contributed by atoms with van der Waals surface area (Å²) in [6.07, 6.45) is 0. The van der Waals surface area contributed by atoms with Gasteiger partial charge in [-0.05, 0) is 31.2 Å². The smallest absolute Gasteiger partial charge is 0.128 e. The van der Waals surface area contributed by atoms with Gasteiger partial charge in [0.15, 0.2) is 0 Å². The Bertz CT molecular complexity index is 632. The third-order valence-corrected chi connectivity index (χ3v) is 2.91. The van der Waals surface area contributed by atoms with Crippen LogP contribution in [0.4, 0.5) is 15.8 Å². The van der Waals surface area contributed by atoms with Gasteiger partial charge in [0.25, 0.3) is 0 Å². The molecule has 0 saturated carbocycles. The predicted octanol–water partition coefficient (Wildman–Crippen LogP) is 3.45. The Hall–Kier alpha value is -2.54. The standard InChI is InChI=1S/C15H14FN3/c1-10(13-4-2-3-5-14(13)16)19-15-7-6-12(18)8-11(15)9-17/h2-8,10,19H,18H2,1H3. The maximum Gasteiger partial charge on any atom is 0.128 e. The van der Waals surface area contributed by atoms with E-state index in [1.165, 1.54) is 6.07 Å². The largest absolute Gasteiger partial charge is 0.399 e. The zero-order valence-corrected chi connectivity index (χ0v) is 10.5. The number of nitrogens with two attached hydrogens (primary N) is 1. The van der Waals surface area contributed by atoms with Crippen LogP contribution in [0.1, 0.15) is 24.1 Å². The van der Waals surface area contributed by atoms with Crippen molar-refractivity contribution in [3.05, 3.63) is 59.4 Å². The van der Waals surface area contributed by atoms with Crippen molar-refractivity contribution < 1.29 is 4.39 Å². The van der Waals surface area contributed by atoms with E-state index in [-0.39, 0.29) is 11.9 Å². The van der Waals surface area contributed by atoms with Gasteiger partial charge in [-0.3, -0.25) is 0 Å². The van der Waals surface area contributed by atoms with Gasteiger partial charge in [-0.1, -0.05) is 18.2 Å². The molecule has 1 atom stereocenters. The number of hydrogen-bond donors (Lipinski definition) is 2. The number of nitrogens with zero attached hydrogens (tertiary/aromatic N) is 1. The fraction of sp³-hybridized carbons (Fsp3) is 0.133. The summed E-state index contributed by atoms with van der Waals surface area (Å²) in [5.41, 5.74) is 7.81. The van der Waals surface area contributed by atoms with Gasteiger partial charge < -0.3 is 11.1 Å². The topological polar surface area (TPSA) is 61.8 Å². The minimum atomic E-state index is -0.267. The molecule has 0 radical (unpaired) electrons. The summed E-state index contributed by atoms with van der Waals surface area (Å²) in [4.78, 5) is 0. The van der Waals surface area contributed by atoms with Crippen LogP contribution in [0, 0.1) is 17.1 Å². The van der Waals surface area contributed by atoms with Crippen LogP contribution in [0.3, 0.4) is 0 Å². The van der Waals surface area contributed by atoms with Crippen LogP contribution >= 0.6 is 0 Å². The number of nitrogens with one attached hydrogen (secondary N) is 1. The van der Waals surface area contributed by atoms with Crippen molar-refractivity contribution in [2.45, 2.75) is 13.0 Å². The number of rotatable bonds is 3. The highest BCUT2D eigenvalue weighted by Crippen LogP contribution is 2.25. The van der Waals surface area contributed by atoms with Crippen LogP contribution in [0.15, 0.2) is 42.5 Å². The molecule has 0 aliphatic heterocycles. The minimum Gasteiger partial charge on any atom is -0.399 e. The molecule has 3 nitrogen and oxygen atoms in total. The molecule has 0 aliphatic carbocycles. The average Bonchev–Trinajstić information content (AvgIpc) is 2.41. The van der Waals surface area contributed by atoms with E-state index in [4.69, 9.17) is 11.0 Å². The zero-order valence-electron chi connectivity index (χ0n) is 10.5. The molecule has 3 N–H and O–H groups in total. The highest BCUT2D eigenvalue weighted by atomic mass is 19.1. The van der Waals surface area contributed by atoms with Gasteiger partial charge in [-0.2, -0.15) is 5.26 Å². The zero-order chi connectivity index (χ0) is 13.8. The molecule has 0 heterocycles. The summed E-state index contributed by atoms with van der Waals surface area (Å²) in [6.45, 7) is 1.84. The Morgan fingerprint density at radius 3 is 2.68 bits per heavy atom. The molecule has 0 fully saturated rings. The molecule has 0 aliphatic rings. The fourth-order valence-corrected chi connectivity index (χ4v) is 1.92. The van der Waals surface area contributed by atoms with Crippen molar-refractivity contribution in [3.63, 3.8) is 0 Å². The van der Waals surface area contributed by atoms with Crippen molar-refractivity contribution in [2.75, 3.05) is 11.1 Å². The lowest BCUT2D eigenvalue weighted by molar-refractivity contribution is 0.600. The van der Waals surface area contributed by atoms with Crippen LogP contribution in [0.5, 0.6) is 0 Å². The van der Waals surface area contributed by atoms with E-state index in [0.29, 0.717) is 22.5 Å². The van der Waals surface area contributed by atoms with Crippen LogP contribution in [-0.4, -0.2) is 0 Å². The van der Waals surface area contributed by atoms with Crippen molar-refractivity contribution >= 4 is 11.4 Å². The predicted molar refractivity (Wildman–Crippen MR) is 74.0 cm³/mol. The summed E-state index contributed by atoms with van der Waals surface area (Å²) in [7, 11) is 0. The molecule has 0 amide bonds. The molecule has 0 aromatic heterocycles. The molecule has 2 aromatic rings. The summed E-state index contributed by atoms with van der Waals surface area (Å²) in [6, 6.07) is 13.4. The molecule has 0 saturated heterocycles. The lowest BCUT2D eigenvalue weighted by atomic mass is 10.1. The van der Waals surface area contributed by atoms with Crippen molar-refractivity contribution in [2.24, 2.45) is 0 Å². The van der Waals surface area contributed by atoms with E-state index >= 15 is 0 Å². The van der Waals surface area contributed by atoms with Crippen LogP contribution in [0.2, 0.25) is 0 Å². The number of halogens is 1. The number of benzene rings is 2. The van der Waals surface area contributed by atoms with Gasteiger partial charge in [-0.25, -0.2) is 4.39 Å². The molecular weight excluding hydrogens is 241 g/mol. The maximum atomic E-state index is 13.7. The van der Waals surface area contributed by atoms with Crippen LogP contribution in [0.25, 0.3) is 0 Å². The van der Waals surface area contributed by atoms with E-state index < -0.39 is 0 Å². The second-order valence-corrected chi connectivity index (χ2v) is 4.30. The Labute approximate surface area is 111 Å². The van der Waals surface area contributed by atoms with Gasteiger partial charge in [0.1, 0.15) is 11.9 Å². The van der Waals surface area contributed by atoms with Crippen LogP contribution in [-0.2, 0) is 0 Å². The quantitative estimate of drug-likeness (QED) is 0.826. The van der Waals surface area contributed by atoms with Gasteiger partial charge in [-0.15, -0.1) is 0 Å². The summed E-state index contributed by atoms with van der Waals surface area (Å²) < 4.78 is 13.7. The van der Waals surface area contributed by atoms with E-state index in [1.807, 2.05) is 6.92 Å². The molecule has 2 rings (SSSR count). The van der Waals surface area contributed by atoms with Gasteiger partial charge in [0.05, 0.1) is 17.3 Å². The SMILES string of the molecule is CC(Nc1ccc(N)cc1C#N)c1ccccc1F. The third kappa shape index (κ3) is 2.83. The molecule has 96 valence electrons. The lowest BCUT2D eigenvalue weighted by Crippen LogP contribution is -2.09.